The summed E-state index contributed by atoms with van der Waals surface area (Å²) >= 11 is 7.30. The average molecular weight is 418 g/mol. The summed E-state index contributed by atoms with van der Waals surface area (Å²) in [4.78, 5) is 31.8. The Balaban J connectivity index is 1.76. The number of methoxy groups -OCH3 is 1. The molecule has 2 aromatic heterocycles. The van der Waals surface area contributed by atoms with Crippen molar-refractivity contribution >= 4 is 44.7 Å². The zero-order valence-corrected chi connectivity index (χ0v) is 17.2. The molecular formula is C20H20ClN3O3S. The highest BCUT2D eigenvalue weighted by Gasteiger charge is 2.23. The second-order valence-electron chi connectivity index (χ2n) is 6.83. The molecule has 0 saturated heterocycles. The number of fused-ring (bicyclic) bond motifs is 2. The molecule has 0 bridgehead atoms. The third-order valence-electron chi connectivity index (χ3n) is 5.03. The number of hydrogen-bond donors (Lipinski definition) is 1. The highest BCUT2D eigenvalue weighted by Crippen LogP contribution is 2.32. The molecule has 0 fully saturated rings. The lowest BCUT2D eigenvalue weighted by atomic mass is 10.2. The topological polar surface area (TPSA) is 73.2 Å². The summed E-state index contributed by atoms with van der Waals surface area (Å²) in [5.74, 6) is 1.03. The molecule has 3 aromatic rings. The summed E-state index contributed by atoms with van der Waals surface area (Å²) in [6.07, 6.45) is 3.91. The number of ether oxygens (including phenoxy) is 1. The molecule has 0 saturated carbocycles. The third kappa shape index (κ3) is 3.29. The molecule has 4 rings (SSSR count). The quantitative estimate of drug-likeness (QED) is 0.685. The van der Waals surface area contributed by atoms with Crippen LogP contribution in [0.3, 0.4) is 0 Å². The largest absolute Gasteiger partial charge is 0.495 e. The van der Waals surface area contributed by atoms with Gasteiger partial charge in [0, 0.05) is 18.0 Å². The number of aryl methyl sites for hydroxylation is 2. The molecule has 1 aromatic carbocycles. The van der Waals surface area contributed by atoms with Crippen molar-refractivity contribution in [3.8, 4) is 5.75 Å². The first-order valence-electron chi connectivity index (χ1n) is 9.17. The minimum Gasteiger partial charge on any atom is -0.495 e. The number of nitrogens with one attached hydrogen (secondary N) is 1. The van der Waals surface area contributed by atoms with Gasteiger partial charge in [0.2, 0.25) is 0 Å². The number of nitrogens with zero attached hydrogens (tertiary/aromatic N) is 2. The molecule has 1 N–H and O–H groups in total. The Bertz CT molecular complexity index is 1140. The fraction of sp³-hybridized carbons (Fsp3) is 0.350. The van der Waals surface area contributed by atoms with Gasteiger partial charge in [0.25, 0.3) is 11.5 Å². The molecule has 8 heteroatoms. The predicted octanol–water partition coefficient (Wildman–Crippen LogP) is 4.41. The van der Waals surface area contributed by atoms with Crippen LogP contribution >= 0.6 is 22.9 Å². The van der Waals surface area contributed by atoms with Gasteiger partial charge < -0.3 is 10.1 Å². The van der Waals surface area contributed by atoms with Crippen LogP contribution in [0.2, 0.25) is 5.02 Å². The van der Waals surface area contributed by atoms with Crippen LogP contribution in [0.4, 0.5) is 5.69 Å². The molecular weight excluding hydrogens is 398 g/mol. The lowest BCUT2D eigenvalue weighted by Gasteiger charge is -2.10. The Morgan fingerprint density at radius 3 is 2.93 bits per heavy atom. The molecule has 0 aliphatic carbocycles. The van der Waals surface area contributed by atoms with Crippen LogP contribution < -0.4 is 15.6 Å². The third-order valence-corrected chi connectivity index (χ3v) is 6.45. The first kappa shape index (κ1) is 19.0. The number of thiophene rings is 1. The highest BCUT2D eigenvalue weighted by atomic mass is 35.5. The van der Waals surface area contributed by atoms with Crippen molar-refractivity contribution in [2.45, 2.75) is 39.2 Å². The van der Waals surface area contributed by atoms with E-state index in [9.17, 15) is 9.59 Å². The van der Waals surface area contributed by atoms with Gasteiger partial charge in [-0.3, -0.25) is 14.2 Å². The van der Waals surface area contributed by atoms with Crippen LogP contribution in [-0.4, -0.2) is 22.6 Å². The van der Waals surface area contributed by atoms with E-state index >= 15 is 0 Å². The monoisotopic (exact) mass is 417 g/mol. The molecule has 0 atom stereocenters. The van der Waals surface area contributed by atoms with E-state index in [4.69, 9.17) is 21.3 Å². The molecule has 28 heavy (non-hydrogen) atoms. The lowest BCUT2D eigenvalue weighted by Crippen LogP contribution is -2.24. The Morgan fingerprint density at radius 2 is 2.14 bits per heavy atom. The number of rotatable bonds is 3. The predicted molar refractivity (Wildman–Crippen MR) is 112 cm³/mol. The fourth-order valence-corrected chi connectivity index (χ4v) is 4.84. The zero-order chi connectivity index (χ0) is 19.8. The standard InChI is InChI=1S/C20H20ClN3O3S/c1-11-16-19(23-15-6-4-3-5-9-24(15)20(16)26)28-17(11)18(25)22-13-10-12(21)7-8-14(13)27-2/h7-8,10H,3-6,9H2,1-2H3,(H,22,25). The Hall–Kier alpha value is -2.38. The zero-order valence-electron chi connectivity index (χ0n) is 15.7. The Morgan fingerprint density at radius 1 is 1.32 bits per heavy atom. The van der Waals surface area contributed by atoms with E-state index in [-0.39, 0.29) is 11.5 Å². The van der Waals surface area contributed by atoms with Crippen LogP contribution in [0.15, 0.2) is 23.0 Å². The number of carbonyl (C=O) groups is 1. The van der Waals surface area contributed by atoms with Crippen LogP contribution in [0.25, 0.3) is 10.2 Å². The number of amides is 1. The SMILES string of the molecule is COc1ccc(Cl)cc1NC(=O)c1sc2nc3n(c(=O)c2c1C)CCCCC3. The maximum Gasteiger partial charge on any atom is 0.266 e. The number of anilines is 1. The normalized spacial score (nSPS) is 13.8. The van der Waals surface area contributed by atoms with E-state index in [2.05, 4.69) is 5.32 Å². The van der Waals surface area contributed by atoms with Crippen LogP contribution in [-0.2, 0) is 13.0 Å². The molecule has 1 amide bonds. The lowest BCUT2D eigenvalue weighted by molar-refractivity contribution is 0.102. The van der Waals surface area contributed by atoms with Gasteiger partial charge in [0.15, 0.2) is 0 Å². The van der Waals surface area contributed by atoms with Gasteiger partial charge >= 0.3 is 0 Å². The second-order valence-corrected chi connectivity index (χ2v) is 8.27. The van der Waals surface area contributed by atoms with E-state index in [1.807, 2.05) is 0 Å². The van der Waals surface area contributed by atoms with Gasteiger partial charge in [-0.25, -0.2) is 4.98 Å². The smallest absolute Gasteiger partial charge is 0.266 e. The molecule has 0 unspecified atom stereocenters. The summed E-state index contributed by atoms with van der Waals surface area (Å²) in [7, 11) is 1.53. The summed E-state index contributed by atoms with van der Waals surface area (Å²) in [5, 5.41) is 3.88. The van der Waals surface area contributed by atoms with Crippen molar-refractivity contribution in [2.24, 2.45) is 0 Å². The van der Waals surface area contributed by atoms with Crippen molar-refractivity contribution in [3.63, 3.8) is 0 Å². The van der Waals surface area contributed by atoms with E-state index in [0.29, 0.717) is 43.7 Å². The number of benzene rings is 1. The number of halogens is 1. The highest BCUT2D eigenvalue weighted by molar-refractivity contribution is 7.20. The summed E-state index contributed by atoms with van der Waals surface area (Å²) in [5.41, 5.74) is 1.10. The van der Waals surface area contributed by atoms with Crippen molar-refractivity contribution in [1.82, 2.24) is 9.55 Å². The van der Waals surface area contributed by atoms with E-state index < -0.39 is 0 Å². The summed E-state index contributed by atoms with van der Waals surface area (Å²) in [6, 6.07) is 5.02. The van der Waals surface area contributed by atoms with Gasteiger partial charge in [0.05, 0.1) is 23.1 Å². The van der Waals surface area contributed by atoms with Gasteiger partial charge in [-0.2, -0.15) is 0 Å². The first-order valence-corrected chi connectivity index (χ1v) is 10.4. The van der Waals surface area contributed by atoms with Crippen molar-refractivity contribution in [1.29, 1.82) is 0 Å². The van der Waals surface area contributed by atoms with Crippen LogP contribution in [0, 0.1) is 6.92 Å². The molecule has 0 spiro atoms. The number of carbonyl (C=O) groups excluding carboxylic acids is 1. The Kier molecular flexibility index (Phi) is 5.12. The summed E-state index contributed by atoms with van der Waals surface area (Å²) < 4.78 is 7.06. The Labute approximate surface area is 171 Å². The molecule has 6 nitrogen and oxygen atoms in total. The van der Waals surface area contributed by atoms with Crippen molar-refractivity contribution in [3.05, 3.63) is 49.8 Å². The van der Waals surface area contributed by atoms with E-state index in [1.54, 1.807) is 29.7 Å². The van der Waals surface area contributed by atoms with Crippen molar-refractivity contribution in [2.75, 3.05) is 12.4 Å². The van der Waals surface area contributed by atoms with Crippen molar-refractivity contribution < 1.29 is 9.53 Å². The molecule has 0 radical (unpaired) electrons. The fourth-order valence-electron chi connectivity index (χ4n) is 3.58. The van der Waals surface area contributed by atoms with Gasteiger partial charge in [-0.1, -0.05) is 18.0 Å². The minimum absolute atomic E-state index is 0.0463. The van der Waals surface area contributed by atoms with Crippen LogP contribution in [0.1, 0.15) is 40.3 Å². The molecule has 1 aliphatic rings. The average Bonchev–Trinajstić information content (AvgIpc) is 2.84. The number of hydrogen-bond acceptors (Lipinski definition) is 5. The summed E-state index contributed by atoms with van der Waals surface area (Å²) in [6.45, 7) is 2.49. The van der Waals surface area contributed by atoms with Crippen LogP contribution in [0.5, 0.6) is 5.75 Å². The number of aromatic nitrogens is 2. The van der Waals surface area contributed by atoms with Gasteiger partial charge in [-0.05, 0) is 43.5 Å². The first-order chi connectivity index (χ1) is 13.5. The maximum absolute atomic E-state index is 13.0. The van der Waals surface area contributed by atoms with Gasteiger partial charge in [0.1, 0.15) is 16.4 Å². The maximum atomic E-state index is 13.0. The second kappa shape index (κ2) is 7.56. The van der Waals surface area contributed by atoms with E-state index in [1.165, 1.54) is 18.4 Å². The molecule has 146 valence electrons. The minimum atomic E-state index is -0.305. The van der Waals surface area contributed by atoms with Gasteiger partial charge in [-0.15, -0.1) is 11.3 Å². The molecule has 1 aliphatic heterocycles. The molecule has 3 heterocycles. The van der Waals surface area contributed by atoms with E-state index in [0.717, 1.165) is 31.5 Å².